The molecule has 0 spiro atoms. The van der Waals surface area contributed by atoms with Crippen molar-refractivity contribution in [1.82, 2.24) is 19.7 Å². The fraction of sp³-hybridized carbons (Fsp3) is 0.438. The Bertz CT molecular complexity index is 659. The zero-order valence-corrected chi connectivity index (χ0v) is 13.2. The van der Waals surface area contributed by atoms with Crippen LogP contribution in [0.3, 0.4) is 0 Å². The molecule has 23 heavy (non-hydrogen) atoms. The minimum atomic E-state index is -0.888. The summed E-state index contributed by atoms with van der Waals surface area (Å²) in [4.78, 5) is 19.9. The Morgan fingerprint density at radius 1 is 1.17 bits per heavy atom. The van der Waals surface area contributed by atoms with E-state index in [-0.39, 0.29) is 0 Å². The maximum absolute atomic E-state index is 10.9. The first-order valence-electron chi connectivity index (χ1n) is 7.84. The van der Waals surface area contributed by atoms with E-state index < -0.39 is 5.97 Å². The molecule has 0 unspecified atom stereocenters. The minimum Gasteiger partial charge on any atom is -0.478 e. The van der Waals surface area contributed by atoms with Crippen molar-refractivity contribution in [2.75, 3.05) is 31.1 Å². The van der Waals surface area contributed by atoms with Crippen molar-refractivity contribution in [3.8, 4) is 0 Å². The second-order valence-corrected chi connectivity index (χ2v) is 5.61. The third kappa shape index (κ3) is 3.50. The highest BCUT2D eigenvalue weighted by atomic mass is 16.4. The van der Waals surface area contributed by atoms with Gasteiger partial charge in [-0.15, -0.1) is 0 Å². The molecule has 0 atom stereocenters. The molecule has 1 aliphatic rings. The van der Waals surface area contributed by atoms with Gasteiger partial charge < -0.3 is 10.0 Å². The fourth-order valence-electron chi connectivity index (χ4n) is 2.85. The van der Waals surface area contributed by atoms with Gasteiger partial charge in [0.2, 0.25) is 0 Å². The van der Waals surface area contributed by atoms with Gasteiger partial charge >= 0.3 is 5.97 Å². The van der Waals surface area contributed by atoms with E-state index in [0.717, 1.165) is 50.8 Å². The van der Waals surface area contributed by atoms with Crippen molar-refractivity contribution in [2.24, 2.45) is 0 Å². The van der Waals surface area contributed by atoms with Crippen molar-refractivity contribution in [3.63, 3.8) is 0 Å². The topological polar surface area (TPSA) is 74.5 Å². The number of piperazine rings is 1. The Kier molecular flexibility index (Phi) is 4.57. The molecule has 1 aliphatic heterocycles. The molecule has 122 valence electrons. The first-order chi connectivity index (χ1) is 11.2. The third-order valence-electron chi connectivity index (χ3n) is 4.21. The molecule has 0 saturated carbocycles. The highest BCUT2D eigenvalue weighted by Crippen LogP contribution is 2.18. The number of hydrogen-bond donors (Lipinski definition) is 1. The van der Waals surface area contributed by atoms with Crippen LogP contribution in [0.1, 0.15) is 23.1 Å². The van der Waals surface area contributed by atoms with Crippen LogP contribution in [0.2, 0.25) is 0 Å². The standard InChI is InChI=1S/C16H21N5O2/c1-2-21-15(17-12-18-21)11-19-7-9-20(10-8-19)14-5-3-13(4-6-14)16(22)23/h3-6,12H,2,7-11H2,1H3,(H,22,23). The molecule has 1 N–H and O–H groups in total. The number of anilines is 1. The molecular weight excluding hydrogens is 294 g/mol. The molecular formula is C16H21N5O2. The van der Waals surface area contributed by atoms with E-state index >= 15 is 0 Å². The average molecular weight is 315 g/mol. The van der Waals surface area contributed by atoms with Gasteiger partial charge in [0.05, 0.1) is 12.1 Å². The quantitative estimate of drug-likeness (QED) is 0.897. The third-order valence-corrected chi connectivity index (χ3v) is 4.21. The maximum atomic E-state index is 10.9. The summed E-state index contributed by atoms with van der Waals surface area (Å²) in [6.07, 6.45) is 1.61. The van der Waals surface area contributed by atoms with Crippen LogP contribution < -0.4 is 4.90 Å². The van der Waals surface area contributed by atoms with Crippen LogP contribution in [0.25, 0.3) is 0 Å². The minimum absolute atomic E-state index is 0.325. The molecule has 1 fully saturated rings. The van der Waals surface area contributed by atoms with E-state index in [2.05, 4.69) is 26.8 Å². The maximum Gasteiger partial charge on any atom is 0.335 e. The summed E-state index contributed by atoms with van der Waals surface area (Å²) in [5, 5.41) is 13.2. The van der Waals surface area contributed by atoms with Gasteiger partial charge in [0, 0.05) is 38.4 Å². The molecule has 0 aliphatic carbocycles. The molecule has 2 heterocycles. The number of aromatic carboxylic acids is 1. The zero-order valence-electron chi connectivity index (χ0n) is 13.2. The molecule has 1 saturated heterocycles. The van der Waals surface area contributed by atoms with Gasteiger partial charge in [-0.3, -0.25) is 4.90 Å². The van der Waals surface area contributed by atoms with Gasteiger partial charge in [0.25, 0.3) is 0 Å². The molecule has 1 aromatic carbocycles. The van der Waals surface area contributed by atoms with Crippen LogP contribution in [0.15, 0.2) is 30.6 Å². The summed E-state index contributed by atoms with van der Waals surface area (Å²) >= 11 is 0. The van der Waals surface area contributed by atoms with Crippen LogP contribution in [0.5, 0.6) is 0 Å². The van der Waals surface area contributed by atoms with E-state index in [0.29, 0.717) is 5.56 Å². The van der Waals surface area contributed by atoms with Crippen LogP contribution in [0, 0.1) is 0 Å². The molecule has 2 aromatic rings. The number of aromatic nitrogens is 3. The average Bonchev–Trinajstić information content (AvgIpc) is 3.03. The van der Waals surface area contributed by atoms with Crippen molar-refractivity contribution in [2.45, 2.75) is 20.0 Å². The van der Waals surface area contributed by atoms with Crippen molar-refractivity contribution in [3.05, 3.63) is 42.0 Å². The smallest absolute Gasteiger partial charge is 0.335 e. The van der Waals surface area contributed by atoms with E-state index in [1.165, 1.54) is 0 Å². The molecule has 0 bridgehead atoms. The molecule has 0 amide bonds. The molecule has 0 radical (unpaired) electrons. The number of benzene rings is 1. The van der Waals surface area contributed by atoms with E-state index in [1.54, 1.807) is 18.5 Å². The van der Waals surface area contributed by atoms with Crippen LogP contribution in [-0.2, 0) is 13.1 Å². The van der Waals surface area contributed by atoms with E-state index in [1.807, 2.05) is 16.8 Å². The number of carbonyl (C=O) groups is 1. The Morgan fingerprint density at radius 3 is 2.48 bits per heavy atom. The summed E-state index contributed by atoms with van der Waals surface area (Å²) in [7, 11) is 0. The van der Waals surface area contributed by atoms with Gasteiger partial charge in [-0.1, -0.05) is 0 Å². The molecule has 7 heteroatoms. The Hall–Kier alpha value is -2.41. The summed E-state index contributed by atoms with van der Waals surface area (Å²) in [5.74, 6) is 0.119. The molecule has 7 nitrogen and oxygen atoms in total. The number of nitrogens with zero attached hydrogens (tertiary/aromatic N) is 5. The summed E-state index contributed by atoms with van der Waals surface area (Å²) in [5.41, 5.74) is 1.40. The normalized spacial score (nSPS) is 15.8. The highest BCUT2D eigenvalue weighted by Gasteiger charge is 2.19. The predicted molar refractivity (Wildman–Crippen MR) is 86.6 cm³/mol. The molecule has 3 rings (SSSR count). The second-order valence-electron chi connectivity index (χ2n) is 5.61. The lowest BCUT2D eigenvalue weighted by Gasteiger charge is -2.35. The first kappa shape index (κ1) is 15.5. The summed E-state index contributed by atoms with van der Waals surface area (Å²) in [6.45, 7) is 7.48. The Balaban J connectivity index is 1.56. The first-order valence-corrected chi connectivity index (χ1v) is 7.84. The van der Waals surface area contributed by atoms with Crippen LogP contribution in [0.4, 0.5) is 5.69 Å². The number of carboxylic acid groups (broad SMARTS) is 1. The van der Waals surface area contributed by atoms with Gasteiger partial charge in [-0.25, -0.2) is 14.5 Å². The van der Waals surface area contributed by atoms with Crippen LogP contribution in [-0.4, -0.2) is 56.9 Å². The molecule has 1 aromatic heterocycles. The second kappa shape index (κ2) is 6.78. The Labute approximate surface area is 135 Å². The van der Waals surface area contributed by atoms with E-state index in [9.17, 15) is 4.79 Å². The van der Waals surface area contributed by atoms with Crippen molar-refractivity contribution < 1.29 is 9.90 Å². The largest absolute Gasteiger partial charge is 0.478 e. The fourth-order valence-corrected chi connectivity index (χ4v) is 2.85. The highest BCUT2D eigenvalue weighted by molar-refractivity contribution is 5.88. The summed E-state index contributed by atoms with van der Waals surface area (Å²) < 4.78 is 1.93. The predicted octanol–water partition coefficient (Wildman–Crippen LogP) is 1.32. The van der Waals surface area contributed by atoms with Gasteiger partial charge in [-0.05, 0) is 31.2 Å². The summed E-state index contributed by atoms with van der Waals surface area (Å²) in [6, 6.07) is 7.08. The lowest BCUT2D eigenvalue weighted by Crippen LogP contribution is -2.46. The SMILES string of the molecule is CCn1ncnc1CN1CCN(c2ccc(C(=O)O)cc2)CC1. The number of carboxylic acids is 1. The number of rotatable bonds is 5. The lowest BCUT2D eigenvalue weighted by atomic mass is 10.2. The van der Waals surface area contributed by atoms with Crippen LogP contribution >= 0.6 is 0 Å². The van der Waals surface area contributed by atoms with Gasteiger partial charge in [0.1, 0.15) is 12.2 Å². The monoisotopic (exact) mass is 315 g/mol. The number of aryl methyl sites for hydroxylation is 1. The number of hydrogen-bond acceptors (Lipinski definition) is 5. The van der Waals surface area contributed by atoms with Gasteiger partial charge in [-0.2, -0.15) is 5.10 Å². The van der Waals surface area contributed by atoms with Crippen molar-refractivity contribution in [1.29, 1.82) is 0 Å². The lowest BCUT2D eigenvalue weighted by molar-refractivity contribution is 0.0697. The van der Waals surface area contributed by atoms with Crippen molar-refractivity contribution >= 4 is 11.7 Å². The zero-order chi connectivity index (χ0) is 16.2. The van der Waals surface area contributed by atoms with Gasteiger partial charge in [0.15, 0.2) is 0 Å². The Morgan fingerprint density at radius 2 is 1.87 bits per heavy atom. The van der Waals surface area contributed by atoms with E-state index in [4.69, 9.17) is 5.11 Å².